The zero-order chi connectivity index (χ0) is 23.7. The summed E-state index contributed by atoms with van der Waals surface area (Å²) in [5.74, 6) is 0.638. The average Bonchev–Trinajstić information content (AvgIpc) is 3.47. The molecule has 0 radical (unpaired) electrons. The van der Waals surface area contributed by atoms with Crippen molar-refractivity contribution in [2.24, 2.45) is 0 Å². The van der Waals surface area contributed by atoms with Crippen molar-refractivity contribution in [1.82, 2.24) is 29.7 Å². The Labute approximate surface area is 198 Å². The first-order valence-electron chi connectivity index (χ1n) is 11.7. The first-order valence-corrected chi connectivity index (χ1v) is 11.7. The number of fused-ring (bicyclic) bond motifs is 1. The van der Waals surface area contributed by atoms with Gasteiger partial charge in [-0.25, -0.2) is 9.61 Å². The van der Waals surface area contributed by atoms with Gasteiger partial charge in [-0.3, -0.25) is 9.31 Å². The molecule has 3 aromatic heterocycles. The Balaban J connectivity index is 1.51. The topological polar surface area (TPSA) is 80.3 Å². The molecule has 0 amide bonds. The van der Waals surface area contributed by atoms with Gasteiger partial charge in [-0.1, -0.05) is 61.9 Å². The van der Waals surface area contributed by atoms with Crippen LogP contribution in [0.25, 0.3) is 22.5 Å². The molecule has 0 aliphatic heterocycles. The summed E-state index contributed by atoms with van der Waals surface area (Å²) in [6.07, 6.45) is 7.68. The Hall–Kier alpha value is -4.00. The number of aromatic nitrogens is 6. The van der Waals surface area contributed by atoms with Crippen LogP contribution < -0.4 is 5.56 Å². The van der Waals surface area contributed by atoms with Gasteiger partial charge in [-0.05, 0) is 64.9 Å². The summed E-state index contributed by atoms with van der Waals surface area (Å²) in [7, 11) is 0. The highest BCUT2D eigenvalue weighted by Crippen LogP contribution is 2.30. The summed E-state index contributed by atoms with van der Waals surface area (Å²) in [6.45, 7) is 6.32. The molecule has 0 aliphatic rings. The number of nitrogens with zero attached hydrogens (tertiary/aromatic N) is 5. The van der Waals surface area contributed by atoms with Crippen LogP contribution in [-0.4, -0.2) is 29.7 Å². The van der Waals surface area contributed by atoms with Gasteiger partial charge in [-0.15, -0.1) is 5.10 Å². The summed E-state index contributed by atoms with van der Waals surface area (Å²) >= 11 is 0. The van der Waals surface area contributed by atoms with E-state index in [0.29, 0.717) is 12.2 Å². The van der Waals surface area contributed by atoms with Crippen molar-refractivity contribution in [3.8, 4) is 22.5 Å². The number of H-pyrrole nitrogens is 1. The quantitative estimate of drug-likeness (QED) is 0.385. The maximum atomic E-state index is 13.4. The van der Waals surface area contributed by atoms with Crippen LogP contribution in [0.1, 0.15) is 47.7 Å². The number of nitrogens with one attached hydrogen (secondary N) is 1. The lowest BCUT2D eigenvalue weighted by Gasteiger charge is -2.09. The van der Waals surface area contributed by atoms with Crippen LogP contribution in [0, 0.1) is 13.8 Å². The summed E-state index contributed by atoms with van der Waals surface area (Å²) in [6, 6.07) is 16.5. The highest BCUT2D eigenvalue weighted by molar-refractivity contribution is 5.80. The van der Waals surface area contributed by atoms with Crippen LogP contribution in [0.3, 0.4) is 0 Å². The van der Waals surface area contributed by atoms with Gasteiger partial charge in [0.05, 0.1) is 0 Å². The van der Waals surface area contributed by atoms with Crippen molar-refractivity contribution in [3.05, 3.63) is 99.2 Å². The van der Waals surface area contributed by atoms with Crippen LogP contribution in [0.15, 0.2) is 65.7 Å². The zero-order valence-corrected chi connectivity index (χ0v) is 19.7. The summed E-state index contributed by atoms with van der Waals surface area (Å²) in [5.41, 5.74) is 8.55. The Kier molecular flexibility index (Phi) is 5.84. The number of aromatic amines is 1. The Morgan fingerprint density at radius 2 is 1.62 bits per heavy atom. The van der Waals surface area contributed by atoms with E-state index in [2.05, 4.69) is 71.0 Å². The molecule has 0 fully saturated rings. The minimum absolute atomic E-state index is 0.0708. The third kappa shape index (κ3) is 3.94. The summed E-state index contributed by atoms with van der Waals surface area (Å²) in [5, 5.41) is 14.3. The van der Waals surface area contributed by atoms with Gasteiger partial charge in [-0.2, -0.15) is 0 Å². The second kappa shape index (κ2) is 9.09. The smallest absolute Gasteiger partial charge is 0.267 e. The second-order valence-corrected chi connectivity index (χ2v) is 8.82. The first-order chi connectivity index (χ1) is 16.6. The van der Waals surface area contributed by atoms with Crippen molar-refractivity contribution in [2.75, 3.05) is 0 Å². The average molecular weight is 453 g/mol. The van der Waals surface area contributed by atoms with E-state index in [-0.39, 0.29) is 5.56 Å². The molecular weight excluding hydrogens is 424 g/mol. The normalized spacial score (nSPS) is 11.4. The maximum Gasteiger partial charge on any atom is 0.274 e. The lowest BCUT2D eigenvalue weighted by molar-refractivity contribution is 0.701. The fraction of sp³-hybridized carbons (Fsp3) is 0.259. The molecule has 7 heteroatoms. The van der Waals surface area contributed by atoms with Crippen molar-refractivity contribution < 1.29 is 0 Å². The highest BCUT2D eigenvalue weighted by atomic mass is 16.1. The number of rotatable bonds is 7. The Bertz CT molecular complexity index is 1490. The van der Waals surface area contributed by atoms with E-state index in [1.54, 1.807) is 4.52 Å². The molecule has 7 nitrogen and oxygen atoms in total. The molecule has 0 bridgehead atoms. The van der Waals surface area contributed by atoms with Crippen LogP contribution in [-0.2, 0) is 12.8 Å². The summed E-state index contributed by atoms with van der Waals surface area (Å²) in [4.78, 5) is 13.4. The van der Waals surface area contributed by atoms with Gasteiger partial charge in [0, 0.05) is 35.6 Å². The van der Waals surface area contributed by atoms with E-state index in [0.717, 1.165) is 58.3 Å². The molecule has 3 heterocycles. The number of aryl methyl sites for hydroxylation is 3. The molecule has 172 valence electrons. The Morgan fingerprint density at radius 1 is 0.912 bits per heavy atom. The predicted octanol–water partition coefficient (Wildman–Crippen LogP) is 4.80. The minimum atomic E-state index is 0.0708. The van der Waals surface area contributed by atoms with E-state index < -0.39 is 0 Å². The molecule has 0 unspecified atom stereocenters. The number of benzene rings is 2. The fourth-order valence-electron chi connectivity index (χ4n) is 4.47. The molecule has 5 rings (SSSR count). The fourth-order valence-corrected chi connectivity index (χ4v) is 4.47. The van der Waals surface area contributed by atoms with Crippen molar-refractivity contribution in [1.29, 1.82) is 0 Å². The third-order valence-corrected chi connectivity index (χ3v) is 6.52. The van der Waals surface area contributed by atoms with Crippen LogP contribution in [0.4, 0.5) is 0 Å². The van der Waals surface area contributed by atoms with Gasteiger partial charge in [0.25, 0.3) is 5.56 Å². The van der Waals surface area contributed by atoms with Gasteiger partial charge in [0.2, 0.25) is 0 Å². The Morgan fingerprint density at radius 3 is 2.29 bits per heavy atom. The monoisotopic (exact) mass is 452 g/mol. The highest BCUT2D eigenvalue weighted by Gasteiger charge is 2.17. The van der Waals surface area contributed by atoms with Crippen molar-refractivity contribution in [2.45, 2.75) is 46.5 Å². The molecule has 1 N–H and O–H groups in total. The molecule has 0 atom stereocenters. The standard InChI is InChI=1S/C27H28N6O/c1-4-5-10-25-24(27(34)33-17-19(3)18(2)16-32(25)33)15-20-11-13-21(14-12-20)22-8-6-7-9-23(22)26-28-30-31-29-26/h6-9,11-14,16-17H,4-5,10,15H2,1-3H3,(H,28,29,30,31). The van der Waals surface area contributed by atoms with Crippen molar-refractivity contribution >= 4 is 0 Å². The number of hydrogen-bond donors (Lipinski definition) is 1. The van der Waals surface area contributed by atoms with Gasteiger partial charge in [0.15, 0.2) is 5.82 Å². The number of hydrogen-bond acceptors (Lipinski definition) is 4. The molecule has 0 saturated heterocycles. The number of unbranched alkanes of at least 4 members (excludes halogenated alkanes) is 1. The molecule has 5 aromatic rings. The SMILES string of the molecule is CCCCc1c(Cc2ccc(-c3ccccc3-c3nnn[nH]3)cc2)c(=O)n2cc(C)c(C)cn12. The van der Waals surface area contributed by atoms with E-state index in [4.69, 9.17) is 0 Å². The van der Waals surface area contributed by atoms with E-state index in [1.807, 2.05) is 35.8 Å². The van der Waals surface area contributed by atoms with Gasteiger partial charge in [0.1, 0.15) is 0 Å². The molecule has 0 saturated carbocycles. The van der Waals surface area contributed by atoms with Crippen LogP contribution in [0.2, 0.25) is 0 Å². The zero-order valence-electron chi connectivity index (χ0n) is 19.7. The van der Waals surface area contributed by atoms with Gasteiger partial charge >= 0.3 is 0 Å². The predicted molar refractivity (Wildman–Crippen MR) is 133 cm³/mol. The molecule has 0 aliphatic carbocycles. The largest absolute Gasteiger partial charge is 0.274 e. The lowest BCUT2D eigenvalue weighted by atomic mass is 9.96. The second-order valence-electron chi connectivity index (χ2n) is 8.82. The van der Waals surface area contributed by atoms with Crippen LogP contribution >= 0.6 is 0 Å². The lowest BCUT2D eigenvalue weighted by Crippen LogP contribution is -2.15. The van der Waals surface area contributed by atoms with Gasteiger partial charge < -0.3 is 0 Å². The number of tetrazole rings is 1. The van der Waals surface area contributed by atoms with E-state index >= 15 is 0 Å². The van der Waals surface area contributed by atoms with E-state index in [9.17, 15) is 4.79 Å². The van der Waals surface area contributed by atoms with E-state index in [1.165, 1.54) is 5.56 Å². The third-order valence-electron chi connectivity index (χ3n) is 6.52. The van der Waals surface area contributed by atoms with Crippen molar-refractivity contribution in [3.63, 3.8) is 0 Å². The maximum absolute atomic E-state index is 13.4. The molecule has 34 heavy (non-hydrogen) atoms. The van der Waals surface area contributed by atoms with Crippen LogP contribution in [0.5, 0.6) is 0 Å². The minimum Gasteiger partial charge on any atom is -0.267 e. The summed E-state index contributed by atoms with van der Waals surface area (Å²) < 4.78 is 3.81. The molecule has 2 aromatic carbocycles. The molecular formula is C27H28N6O. The molecule has 0 spiro atoms. The first kappa shape index (κ1) is 21.8.